The van der Waals surface area contributed by atoms with Crippen LogP contribution in [-0.2, 0) is 9.59 Å². The van der Waals surface area contributed by atoms with E-state index in [9.17, 15) is 9.59 Å². The summed E-state index contributed by atoms with van der Waals surface area (Å²) in [6.45, 7) is 6.67. The molecule has 0 aromatic carbocycles. The number of nitrogens with one attached hydrogen (secondary N) is 1. The van der Waals surface area contributed by atoms with Crippen LogP contribution in [0.4, 0.5) is 0 Å². The van der Waals surface area contributed by atoms with E-state index in [1.165, 1.54) is 0 Å². The van der Waals surface area contributed by atoms with Crippen molar-refractivity contribution in [2.24, 2.45) is 0 Å². The fourth-order valence-electron chi connectivity index (χ4n) is 1.32. The molecule has 0 rings (SSSR count). The summed E-state index contributed by atoms with van der Waals surface area (Å²) in [5.74, 6) is 0. The maximum Gasteiger partial charge on any atom is 0.136 e. The Morgan fingerprint density at radius 3 is 2.40 bits per heavy atom. The lowest BCUT2D eigenvalue weighted by atomic mass is 10.1. The first-order valence-corrected chi connectivity index (χ1v) is 5.35. The van der Waals surface area contributed by atoms with Crippen molar-refractivity contribution in [1.29, 1.82) is 0 Å². The zero-order valence-electron chi connectivity index (χ0n) is 10.1. The molecule has 0 aliphatic rings. The minimum atomic E-state index is -0.273. The number of aldehydes is 2. The maximum atomic E-state index is 10.7. The Morgan fingerprint density at radius 2 is 2.00 bits per heavy atom. The van der Waals surface area contributed by atoms with Gasteiger partial charge in [0, 0.05) is 13.0 Å². The van der Waals surface area contributed by atoms with Crippen LogP contribution in [0.25, 0.3) is 0 Å². The molecule has 4 nitrogen and oxygen atoms in total. The molecule has 0 heterocycles. The van der Waals surface area contributed by atoms with Gasteiger partial charge in [-0.25, -0.2) is 0 Å². The largest absolute Gasteiger partial charge is 0.303 e. The molecule has 1 unspecified atom stereocenters. The fourth-order valence-corrected chi connectivity index (χ4v) is 1.32. The average molecular weight is 214 g/mol. The lowest BCUT2D eigenvalue weighted by Gasteiger charge is -2.38. The highest BCUT2D eigenvalue weighted by Gasteiger charge is 2.25. The second kappa shape index (κ2) is 6.69. The summed E-state index contributed by atoms with van der Waals surface area (Å²) in [7, 11) is 1.94. The van der Waals surface area contributed by atoms with Gasteiger partial charge in [0.05, 0.1) is 11.7 Å². The molecule has 0 saturated heterocycles. The van der Waals surface area contributed by atoms with E-state index in [4.69, 9.17) is 0 Å². The maximum absolute atomic E-state index is 10.7. The molecule has 1 atom stereocenters. The Labute approximate surface area is 92.0 Å². The van der Waals surface area contributed by atoms with E-state index in [1.807, 2.05) is 32.7 Å². The van der Waals surface area contributed by atoms with Gasteiger partial charge in [0.25, 0.3) is 0 Å². The molecule has 0 spiro atoms. The second-order valence-corrected chi connectivity index (χ2v) is 4.23. The third-order valence-corrected chi connectivity index (χ3v) is 2.68. The predicted octanol–water partition coefficient (Wildman–Crippen LogP) is 0.810. The Kier molecular flexibility index (Phi) is 6.36. The molecule has 1 N–H and O–H groups in total. The summed E-state index contributed by atoms with van der Waals surface area (Å²) in [6.07, 6.45) is 3.12. The van der Waals surface area contributed by atoms with Crippen LogP contribution in [0.1, 0.15) is 33.6 Å². The van der Waals surface area contributed by atoms with Gasteiger partial charge in [0.1, 0.15) is 12.6 Å². The molecule has 0 saturated carbocycles. The summed E-state index contributed by atoms with van der Waals surface area (Å²) < 4.78 is 0. The monoisotopic (exact) mass is 214 g/mol. The van der Waals surface area contributed by atoms with Crippen molar-refractivity contribution in [1.82, 2.24) is 10.2 Å². The number of nitrogens with zero attached hydrogens (tertiary/aromatic N) is 1. The fraction of sp³-hybridized carbons (Fsp3) is 0.818. The quantitative estimate of drug-likeness (QED) is 0.480. The van der Waals surface area contributed by atoms with E-state index < -0.39 is 0 Å². The zero-order chi connectivity index (χ0) is 11.9. The third kappa shape index (κ3) is 5.04. The zero-order valence-corrected chi connectivity index (χ0v) is 10.1. The van der Waals surface area contributed by atoms with Crippen molar-refractivity contribution < 1.29 is 9.59 Å². The minimum absolute atomic E-state index is 0.126. The lowest BCUT2D eigenvalue weighted by Crippen LogP contribution is -2.57. The first-order valence-electron chi connectivity index (χ1n) is 5.35. The molecular weight excluding hydrogens is 192 g/mol. The first kappa shape index (κ1) is 14.3. The average Bonchev–Trinajstić information content (AvgIpc) is 2.22. The van der Waals surface area contributed by atoms with Gasteiger partial charge in [-0.1, -0.05) is 6.92 Å². The highest BCUT2D eigenvalue weighted by atomic mass is 16.1. The van der Waals surface area contributed by atoms with Crippen molar-refractivity contribution in [3.05, 3.63) is 0 Å². The Hall–Kier alpha value is -0.740. The predicted molar refractivity (Wildman–Crippen MR) is 60.7 cm³/mol. The minimum Gasteiger partial charge on any atom is -0.303 e. The van der Waals surface area contributed by atoms with Gasteiger partial charge in [0.15, 0.2) is 0 Å². The van der Waals surface area contributed by atoms with E-state index in [-0.39, 0.29) is 11.7 Å². The van der Waals surface area contributed by atoms with E-state index in [0.29, 0.717) is 13.0 Å². The normalized spacial score (nSPS) is 13.9. The van der Waals surface area contributed by atoms with Crippen molar-refractivity contribution in [3.8, 4) is 0 Å². The van der Waals surface area contributed by atoms with Gasteiger partial charge in [0.2, 0.25) is 0 Å². The number of carbonyl (C=O) groups is 2. The van der Waals surface area contributed by atoms with E-state index in [0.717, 1.165) is 19.0 Å². The van der Waals surface area contributed by atoms with Crippen LogP contribution in [-0.4, -0.2) is 42.8 Å². The van der Waals surface area contributed by atoms with Crippen molar-refractivity contribution in [2.75, 3.05) is 13.6 Å². The third-order valence-electron chi connectivity index (χ3n) is 2.68. The molecule has 4 heteroatoms. The van der Waals surface area contributed by atoms with Gasteiger partial charge < -0.3 is 9.59 Å². The first-order chi connectivity index (χ1) is 6.97. The number of carbonyl (C=O) groups excluding carboxylic acids is 2. The van der Waals surface area contributed by atoms with Gasteiger partial charge >= 0.3 is 0 Å². The molecule has 0 aliphatic carbocycles. The van der Waals surface area contributed by atoms with Crippen LogP contribution >= 0.6 is 0 Å². The van der Waals surface area contributed by atoms with Crippen LogP contribution in [0.3, 0.4) is 0 Å². The van der Waals surface area contributed by atoms with Crippen molar-refractivity contribution >= 4 is 12.6 Å². The number of hydrogen-bond acceptors (Lipinski definition) is 4. The second-order valence-electron chi connectivity index (χ2n) is 4.23. The van der Waals surface area contributed by atoms with E-state index in [2.05, 4.69) is 5.32 Å². The van der Waals surface area contributed by atoms with E-state index >= 15 is 0 Å². The molecule has 0 aromatic heterocycles. The smallest absolute Gasteiger partial charge is 0.136 e. The summed E-state index contributed by atoms with van der Waals surface area (Å²) in [4.78, 5) is 23.0. The molecule has 0 radical (unpaired) electrons. The van der Waals surface area contributed by atoms with Gasteiger partial charge in [-0.05, 0) is 27.3 Å². The summed E-state index contributed by atoms with van der Waals surface area (Å²) in [5, 5.41) is 3.24. The molecule has 0 amide bonds. The Balaban J connectivity index is 4.24. The lowest BCUT2D eigenvalue weighted by molar-refractivity contribution is -0.111. The van der Waals surface area contributed by atoms with Crippen molar-refractivity contribution in [3.63, 3.8) is 0 Å². The summed E-state index contributed by atoms with van der Waals surface area (Å²) in [5.41, 5.74) is -0.273. The van der Waals surface area contributed by atoms with Gasteiger partial charge in [-0.3, -0.25) is 10.2 Å². The van der Waals surface area contributed by atoms with Crippen LogP contribution in [0, 0.1) is 0 Å². The molecule has 15 heavy (non-hydrogen) atoms. The summed E-state index contributed by atoms with van der Waals surface area (Å²) >= 11 is 0. The Morgan fingerprint density at radius 1 is 1.40 bits per heavy atom. The molecule has 88 valence electrons. The Bertz CT molecular complexity index is 205. The van der Waals surface area contributed by atoms with Gasteiger partial charge in [-0.15, -0.1) is 0 Å². The molecule has 0 fully saturated rings. The topological polar surface area (TPSA) is 49.4 Å². The van der Waals surface area contributed by atoms with Crippen molar-refractivity contribution in [2.45, 2.75) is 45.3 Å². The highest BCUT2D eigenvalue weighted by Crippen LogP contribution is 2.10. The number of hydrogen-bond donors (Lipinski definition) is 1. The molecule has 0 aliphatic heterocycles. The highest BCUT2D eigenvalue weighted by molar-refractivity contribution is 5.57. The molecule has 0 aromatic rings. The van der Waals surface area contributed by atoms with Gasteiger partial charge in [-0.2, -0.15) is 0 Å². The summed E-state index contributed by atoms with van der Waals surface area (Å²) in [6, 6.07) is -0.126. The van der Waals surface area contributed by atoms with Crippen LogP contribution in [0.2, 0.25) is 0 Å². The molecular formula is C11H22N2O2. The standard InChI is InChI=1S/C11H22N2O2/c1-5-10(9-15)12-11(2,3)13(4)7-6-8-14/h8-10,12H,5-7H2,1-4H3. The molecule has 0 bridgehead atoms. The van der Waals surface area contributed by atoms with Crippen LogP contribution in [0.15, 0.2) is 0 Å². The van der Waals surface area contributed by atoms with E-state index in [1.54, 1.807) is 0 Å². The number of rotatable bonds is 8. The SMILES string of the molecule is CCC(C=O)NC(C)(C)N(C)CCC=O. The van der Waals surface area contributed by atoms with Crippen LogP contribution in [0.5, 0.6) is 0 Å². The van der Waals surface area contributed by atoms with Crippen LogP contribution < -0.4 is 5.32 Å².